The Morgan fingerprint density at radius 1 is 1.53 bits per heavy atom. The SMILES string of the molecule is CCCOCCC(=O)N(C)CC(N)=NO. The van der Waals surface area contributed by atoms with Crippen LogP contribution in [0.3, 0.4) is 0 Å². The lowest BCUT2D eigenvalue weighted by Crippen LogP contribution is -2.35. The first kappa shape index (κ1) is 13.7. The first-order valence-corrected chi connectivity index (χ1v) is 4.90. The maximum atomic E-state index is 11.4. The fourth-order valence-corrected chi connectivity index (χ4v) is 0.960. The number of amides is 1. The fraction of sp³-hybridized carbons (Fsp3) is 0.778. The molecule has 0 saturated carbocycles. The van der Waals surface area contributed by atoms with Gasteiger partial charge in [0, 0.05) is 13.7 Å². The molecule has 15 heavy (non-hydrogen) atoms. The monoisotopic (exact) mass is 217 g/mol. The van der Waals surface area contributed by atoms with Crippen LogP contribution >= 0.6 is 0 Å². The van der Waals surface area contributed by atoms with Gasteiger partial charge in [-0.15, -0.1) is 0 Å². The van der Waals surface area contributed by atoms with E-state index in [0.29, 0.717) is 19.6 Å². The standard InChI is InChI=1S/C9H19N3O3/c1-3-5-15-6-4-9(13)12(2)7-8(10)11-14/h14H,3-7H2,1-2H3,(H2,10,11). The van der Waals surface area contributed by atoms with Crippen LogP contribution < -0.4 is 5.73 Å². The molecule has 0 aliphatic carbocycles. The van der Waals surface area contributed by atoms with Crippen LogP contribution in [-0.4, -0.2) is 48.7 Å². The Labute approximate surface area is 89.7 Å². The maximum Gasteiger partial charge on any atom is 0.225 e. The van der Waals surface area contributed by atoms with Crippen molar-refractivity contribution < 1.29 is 14.7 Å². The van der Waals surface area contributed by atoms with E-state index in [-0.39, 0.29) is 18.3 Å². The maximum absolute atomic E-state index is 11.4. The van der Waals surface area contributed by atoms with Crippen LogP contribution in [0.15, 0.2) is 5.16 Å². The van der Waals surface area contributed by atoms with Crippen LogP contribution in [0, 0.1) is 0 Å². The van der Waals surface area contributed by atoms with Crippen LogP contribution in [-0.2, 0) is 9.53 Å². The Morgan fingerprint density at radius 3 is 2.73 bits per heavy atom. The molecule has 0 saturated heterocycles. The van der Waals surface area contributed by atoms with E-state index >= 15 is 0 Å². The second kappa shape index (κ2) is 8.05. The zero-order valence-corrected chi connectivity index (χ0v) is 9.27. The smallest absolute Gasteiger partial charge is 0.225 e. The van der Waals surface area contributed by atoms with Crippen molar-refractivity contribution in [2.75, 3.05) is 26.8 Å². The number of oxime groups is 1. The third-order valence-corrected chi connectivity index (χ3v) is 1.76. The molecular weight excluding hydrogens is 198 g/mol. The molecule has 0 atom stereocenters. The summed E-state index contributed by atoms with van der Waals surface area (Å²) in [7, 11) is 1.60. The Balaban J connectivity index is 3.70. The Hall–Kier alpha value is -1.30. The zero-order chi connectivity index (χ0) is 11.7. The molecule has 6 heteroatoms. The van der Waals surface area contributed by atoms with E-state index in [4.69, 9.17) is 15.7 Å². The zero-order valence-electron chi connectivity index (χ0n) is 9.27. The molecule has 0 radical (unpaired) electrons. The first-order valence-electron chi connectivity index (χ1n) is 4.90. The van der Waals surface area contributed by atoms with Gasteiger partial charge >= 0.3 is 0 Å². The van der Waals surface area contributed by atoms with E-state index in [1.54, 1.807) is 7.05 Å². The molecule has 0 heterocycles. The lowest BCUT2D eigenvalue weighted by Gasteiger charge is -2.15. The molecule has 88 valence electrons. The highest BCUT2D eigenvalue weighted by Crippen LogP contribution is 1.92. The van der Waals surface area contributed by atoms with Crippen LogP contribution in [0.2, 0.25) is 0 Å². The van der Waals surface area contributed by atoms with Gasteiger partial charge in [-0.25, -0.2) is 0 Å². The lowest BCUT2D eigenvalue weighted by atomic mass is 10.4. The van der Waals surface area contributed by atoms with Gasteiger partial charge in [-0.2, -0.15) is 0 Å². The molecule has 0 unspecified atom stereocenters. The van der Waals surface area contributed by atoms with Gasteiger partial charge in [0.25, 0.3) is 0 Å². The third-order valence-electron chi connectivity index (χ3n) is 1.76. The predicted octanol–water partition coefficient (Wildman–Crippen LogP) is 0.00790. The van der Waals surface area contributed by atoms with Gasteiger partial charge in [0.05, 0.1) is 19.6 Å². The van der Waals surface area contributed by atoms with E-state index in [2.05, 4.69) is 5.16 Å². The minimum atomic E-state index is -0.0855. The summed E-state index contributed by atoms with van der Waals surface area (Å²) in [4.78, 5) is 12.8. The number of hydrogen-bond acceptors (Lipinski definition) is 4. The summed E-state index contributed by atoms with van der Waals surface area (Å²) in [6.45, 7) is 3.21. The Bertz CT molecular complexity index is 219. The highest BCUT2D eigenvalue weighted by Gasteiger charge is 2.09. The van der Waals surface area contributed by atoms with Gasteiger partial charge in [0.2, 0.25) is 5.91 Å². The highest BCUT2D eigenvalue weighted by molar-refractivity contribution is 5.86. The summed E-state index contributed by atoms with van der Waals surface area (Å²) in [6, 6.07) is 0. The molecule has 0 aromatic rings. The van der Waals surface area contributed by atoms with Crippen molar-refractivity contribution in [3.8, 4) is 0 Å². The summed E-state index contributed by atoms with van der Waals surface area (Å²) < 4.78 is 5.18. The molecule has 3 N–H and O–H groups in total. The molecule has 0 aliphatic heterocycles. The van der Waals surface area contributed by atoms with E-state index in [1.165, 1.54) is 4.90 Å². The molecule has 0 aliphatic rings. The highest BCUT2D eigenvalue weighted by atomic mass is 16.5. The fourth-order valence-electron chi connectivity index (χ4n) is 0.960. The van der Waals surface area contributed by atoms with Gasteiger partial charge in [0.1, 0.15) is 0 Å². The summed E-state index contributed by atoms with van der Waals surface area (Å²) in [5, 5.41) is 11.1. The summed E-state index contributed by atoms with van der Waals surface area (Å²) in [6.07, 6.45) is 1.25. The van der Waals surface area contributed by atoms with E-state index in [1.807, 2.05) is 6.92 Å². The molecule has 0 aromatic heterocycles. The third kappa shape index (κ3) is 6.73. The van der Waals surface area contributed by atoms with Gasteiger partial charge in [-0.3, -0.25) is 4.79 Å². The quantitative estimate of drug-likeness (QED) is 0.207. The van der Waals surface area contributed by atoms with Crippen molar-refractivity contribution in [3.63, 3.8) is 0 Å². The molecule has 1 amide bonds. The number of amidine groups is 1. The number of ether oxygens (including phenoxy) is 1. The molecular formula is C9H19N3O3. The lowest BCUT2D eigenvalue weighted by molar-refractivity contribution is -0.130. The van der Waals surface area contributed by atoms with Crippen molar-refractivity contribution in [2.45, 2.75) is 19.8 Å². The minimum Gasteiger partial charge on any atom is -0.409 e. The van der Waals surface area contributed by atoms with Gasteiger partial charge < -0.3 is 20.6 Å². The number of hydrogen-bond donors (Lipinski definition) is 2. The minimum absolute atomic E-state index is 0.0142. The van der Waals surface area contributed by atoms with Gasteiger partial charge in [0.15, 0.2) is 5.84 Å². The number of carbonyl (C=O) groups is 1. The average Bonchev–Trinajstić information content (AvgIpc) is 2.23. The molecule has 0 fully saturated rings. The largest absolute Gasteiger partial charge is 0.409 e. The van der Waals surface area contributed by atoms with E-state index in [9.17, 15) is 4.79 Å². The summed E-state index contributed by atoms with van der Waals surface area (Å²) >= 11 is 0. The van der Waals surface area contributed by atoms with E-state index in [0.717, 1.165) is 6.42 Å². The summed E-state index contributed by atoms with van der Waals surface area (Å²) in [5.74, 6) is -0.0713. The van der Waals surface area contributed by atoms with Gasteiger partial charge in [-0.05, 0) is 6.42 Å². The number of likely N-dealkylation sites (N-methyl/N-ethyl adjacent to an activating group) is 1. The average molecular weight is 217 g/mol. The molecule has 6 nitrogen and oxygen atoms in total. The van der Waals surface area contributed by atoms with Crippen molar-refractivity contribution in [2.24, 2.45) is 10.9 Å². The Morgan fingerprint density at radius 2 is 2.20 bits per heavy atom. The van der Waals surface area contributed by atoms with Gasteiger partial charge in [-0.1, -0.05) is 12.1 Å². The first-order chi connectivity index (χ1) is 7.11. The molecule has 0 spiro atoms. The molecule has 0 aromatic carbocycles. The predicted molar refractivity (Wildman–Crippen MR) is 56.8 cm³/mol. The molecule has 0 rings (SSSR count). The van der Waals surface area contributed by atoms with Crippen molar-refractivity contribution in [3.05, 3.63) is 0 Å². The van der Waals surface area contributed by atoms with Crippen molar-refractivity contribution in [1.82, 2.24) is 4.90 Å². The van der Waals surface area contributed by atoms with Crippen molar-refractivity contribution in [1.29, 1.82) is 0 Å². The van der Waals surface area contributed by atoms with Crippen LogP contribution in [0.25, 0.3) is 0 Å². The normalized spacial score (nSPS) is 11.5. The van der Waals surface area contributed by atoms with Crippen LogP contribution in [0.5, 0.6) is 0 Å². The topological polar surface area (TPSA) is 88.2 Å². The number of nitrogens with two attached hydrogens (primary N) is 1. The second-order valence-electron chi connectivity index (χ2n) is 3.20. The number of rotatable bonds is 7. The van der Waals surface area contributed by atoms with Crippen LogP contribution in [0.4, 0.5) is 0 Å². The van der Waals surface area contributed by atoms with Crippen molar-refractivity contribution >= 4 is 11.7 Å². The number of nitrogens with zero attached hydrogens (tertiary/aromatic N) is 2. The van der Waals surface area contributed by atoms with Crippen LogP contribution in [0.1, 0.15) is 19.8 Å². The number of carbonyl (C=O) groups excluding carboxylic acids is 1. The van der Waals surface area contributed by atoms with E-state index < -0.39 is 0 Å². The second-order valence-corrected chi connectivity index (χ2v) is 3.20. The Kier molecular flexibility index (Phi) is 7.35. The molecule has 0 bridgehead atoms. The summed E-state index contributed by atoms with van der Waals surface area (Å²) in [5.41, 5.74) is 5.26.